The van der Waals surface area contributed by atoms with Crippen molar-refractivity contribution in [2.24, 2.45) is 0 Å². The molecule has 0 radical (unpaired) electrons. The fraction of sp³-hybridized carbons (Fsp3) is 0.333. The van der Waals surface area contributed by atoms with Gasteiger partial charge in [-0.3, -0.25) is 9.36 Å². The molecule has 1 aliphatic heterocycles. The molecule has 0 unspecified atom stereocenters. The number of aromatic nitrogens is 4. The van der Waals surface area contributed by atoms with E-state index >= 15 is 0 Å². The van der Waals surface area contributed by atoms with Gasteiger partial charge in [0.1, 0.15) is 12.1 Å². The number of anilines is 1. The van der Waals surface area contributed by atoms with Gasteiger partial charge >= 0.3 is 0 Å². The first kappa shape index (κ1) is 16.5. The fourth-order valence-corrected chi connectivity index (χ4v) is 2.87. The monoisotopic (exact) mass is 353 g/mol. The normalized spacial score (nSPS) is 14.6. The number of benzene rings is 1. The van der Waals surface area contributed by atoms with Gasteiger partial charge < -0.3 is 14.2 Å². The minimum absolute atomic E-state index is 0.0700. The van der Waals surface area contributed by atoms with E-state index < -0.39 is 0 Å². The van der Waals surface area contributed by atoms with Gasteiger partial charge in [-0.2, -0.15) is 4.98 Å². The van der Waals surface area contributed by atoms with Crippen LogP contribution in [0.2, 0.25) is 0 Å². The summed E-state index contributed by atoms with van der Waals surface area (Å²) in [6.07, 6.45) is 1.60. The highest BCUT2D eigenvalue weighted by Gasteiger charge is 2.13. The maximum absolute atomic E-state index is 12.4. The van der Waals surface area contributed by atoms with Gasteiger partial charge in [0, 0.05) is 31.6 Å². The number of morpholine rings is 1. The third-order valence-corrected chi connectivity index (χ3v) is 4.29. The average Bonchev–Trinajstić information content (AvgIpc) is 3.11. The Morgan fingerprint density at radius 2 is 1.92 bits per heavy atom. The molecule has 0 saturated carbocycles. The van der Waals surface area contributed by atoms with Crippen LogP contribution in [0, 0.1) is 6.92 Å². The fourth-order valence-electron chi connectivity index (χ4n) is 2.87. The van der Waals surface area contributed by atoms with Crippen LogP contribution in [0.5, 0.6) is 0 Å². The van der Waals surface area contributed by atoms with Crippen molar-refractivity contribution < 1.29 is 9.26 Å². The SMILES string of the molecule is Cc1nc(-c2ccc(Cn3cnc(N4CCOCC4)cc3=O)cc2)no1. The maximum atomic E-state index is 12.4. The number of aryl methyl sites for hydroxylation is 1. The molecule has 3 aromatic rings. The summed E-state index contributed by atoms with van der Waals surface area (Å²) < 4.78 is 11.9. The van der Waals surface area contributed by atoms with Crippen molar-refractivity contribution >= 4 is 5.82 Å². The summed E-state index contributed by atoms with van der Waals surface area (Å²) in [4.78, 5) is 23.1. The second-order valence-electron chi connectivity index (χ2n) is 6.15. The molecule has 134 valence electrons. The molecule has 1 aromatic carbocycles. The van der Waals surface area contributed by atoms with Crippen molar-refractivity contribution in [3.8, 4) is 11.4 Å². The molecule has 8 nitrogen and oxygen atoms in total. The van der Waals surface area contributed by atoms with Gasteiger partial charge in [-0.25, -0.2) is 4.98 Å². The predicted octanol–water partition coefficient (Wildman–Crippen LogP) is 1.49. The first-order valence-corrected chi connectivity index (χ1v) is 8.48. The van der Waals surface area contributed by atoms with Crippen molar-refractivity contribution in [2.75, 3.05) is 31.2 Å². The smallest absolute Gasteiger partial charge is 0.255 e. The minimum atomic E-state index is -0.0700. The maximum Gasteiger partial charge on any atom is 0.255 e. The molecule has 4 rings (SSSR count). The summed E-state index contributed by atoms with van der Waals surface area (Å²) in [5.41, 5.74) is 1.80. The number of nitrogens with zero attached hydrogens (tertiary/aromatic N) is 5. The van der Waals surface area contributed by atoms with E-state index in [2.05, 4.69) is 20.0 Å². The minimum Gasteiger partial charge on any atom is -0.378 e. The topological polar surface area (TPSA) is 86.3 Å². The molecule has 1 aliphatic rings. The summed E-state index contributed by atoms with van der Waals surface area (Å²) in [7, 11) is 0. The van der Waals surface area contributed by atoms with Gasteiger partial charge in [0.05, 0.1) is 19.8 Å². The van der Waals surface area contributed by atoms with Gasteiger partial charge in [-0.05, 0) is 5.56 Å². The Balaban J connectivity index is 1.49. The van der Waals surface area contributed by atoms with E-state index in [-0.39, 0.29) is 5.56 Å². The zero-order valence-corrected chi connectivity index (χ0v) is 14.5. The highest BCUT2D eigenvalue weighted by Crippen LogP contribution is 2.17. The Labute approximate surface area is 150 Å². The van der Waals surface area contributed by atoms with Gasteiger partial charge in [-0.1, -0.05) is 29.4 Å². The van der Waals surface area contributed by atoms with E-state index in [0.717, 1.165) is 24.2 Å². The van der Waals surface area contributed by atoms with Crippen molar-refractivity contribution in [3.63, 3.8) is 0 Å². The van der Waals surface area contributed by atoms with Gasteiger partial charge in [-0.15, -0.1) is 0 Å². The molecule has 0 atom stereocenters. The van der Waals surface area contributed by atoms with Crippen molar-refractivity contribution in [1.82, 2.24) is 19.7 Å². The molecule has 0 bridgehead atoms. The van der Waals surface area contributed by atoms with E-state index in [4.69, 9.17) is 9.26 Å². The molecule has 2 aromatic heterocycles. The van der Waals surface area contributed by atoms with Crippen LogP contribution in [0.15, 0.2) is 46.0 Å². The number of ether oxygens (including phenoxy) is 1. The Morgan fingerprint density at radius 3 is 2.58 bits per heavy atom. The van der Waals surface area contributed by atoms with Gasteiger partial charge in [0.2, 0.25) is 11.7 Å². The second-order valence-corrected chi connectivity index (χ2v) is 6.15. The Morgan fingerprint density at radius 1 is 1.15 bits per heavy atom. The Hall–Kier alpha value is -3.00. The Kier molecular flexibility index (Phi) is 4.49. The molecule has 26 heavy (non-hydrogen) atoms. The molecule has 0 aliphatic carbocycles. The molecule has 1 fully saturated rings. The quantitative estimate of drug-likeness (QED) is 0.702. The first-order chi connectivity index (χ1) is 12.7. The van der Waals surface area contributed by atoms with E-state index in [9.17, 15) is 4.79 Å². The Bertz CT molecular complexity index is 942. The van der Waals surface area contributed by atoms with Crippen LogP contribution in [0.1, 0.15) is 11.5 Å². The lowest BCUT2D eigenvalue weighted by molar-refractivity contribution is 0.122. The number of hydrogen-bond donors (Lipinski definition) is 0. The van der Waals surface area contributed by atoms with E-state index in [0.29, 0.717) is 37.3 Å². The standard InChI is InChI=1S/C18H19N5O3/c1-13-20-18(21-26-13)15-4-2-14(3-5-15)11-23-12-19-16(10-17(23)24)22-6-8-25-9-7-22/h2-5,10,12H,6-9,11H2,1H3. The highest BCUT2D eigenvalue weighted by atomic mass is 16.5. The van der Waals surface area contributed by atoms with Crippen LogP contribution in [0.4, 0.5) is 5.82 Å². The lowest BCUT2D eigenvalue weighted by Gasteiger charge is -2.27. The highest BCUT2D eigenvalue weighted by molar-refractivity contribution is 5.54. The third-order valence-electron chi connectivity index (χ3n) is 4.29. The lowest BCUT2D eigenvalue weighted by Crippen LogP contribution is -2.37. The molecular formula is C18H19N5O3. The molecular weight excluding hydrogens is 334 g/mol. The summed E-state index contributed by atoms with van der Waals surface area (Å²) in [5.74, 6) is 1.79. The number of rotatable bonds is 4. The molecule has 3 heterocycles. The van der Waals surface area contributed by atoms with Crippen molar-refractivity contribution in [3.05, 3.63) is 58.5 Å². The first-order valence-electron chi connectivity index (χ1n) is 8.48. The third kappa shape index (κ3) is 3.50. The van der Waals surface area contributed by atoms with Crippen LogP contribution in [-0.4, -0.2) is 46.0 Å². The van der Waals surface area contributed by atoms with Crippen LogP contribution in [0.25, 0.3) is 11.4 Å². The molecule has 8 heteroatoms. The van der Waals surface area contributed by atoms with Crippen LogP contribution in [-0.2, 0) is 11.3 Å². The summed E-state index contributed by atoms with van der Waals surface area (Å²) >= 11 is 0. The van der Waals surface area contributed by atoms with Crippen LogP contribution in [0.3, 0.4) is 0 Å². The van der Waals surface area contributed by atoms with Gasteiger partial charge in [0.25, 0.3) is 5.56 Å². The van der Waals surface area contributed by atoms with Crippen LogP contribution < -0.4 is 10.5 Å². The summed E-state index contributed by atoms with van der Waals surface area (Å²) in [6, 6.07) is 9.31. The summed E-state index contributed by atoms with van der Waals surface area (Å²) in [6.45, 7) is 5.06. The zero-order chi connectivity index (χ0) is 17.9. The summed E-state index contributed by atoms with van der Waals surface area (Å²) in [5, 5.41) is 3.90. The largest absolute Gasteiger partial charge is 0.378 e. The van der Waals surface area contributed by atoms with Crippen molar-refractivity contribution in [1.29, 1.82) is 0 Å². The number of hydrogen-bond acceptors (Lipinski definition) is 7. The average molecular weight is 353 g/mol. The van der Waals surface area contributed by atoms with E-state index in [1.54, 1.807) is 23.9 Å². The van der Waals surface area contributed by atoms with E-state index in [1.165, 1.54) is 0 Å². The molecule has 0 N–H and O–H groups in total. The molecule has 0 amide bonds. The lowest BCUT2D eigenvalue weighted by atomic mass is 10.1. The van der Waals surface area contributed by atoms with E-state index in [1.807, 2.05) is 24.3 Å². The molecule has 1 saturated heterocycles. The van der Waals surface area contributed by atoms with Gasteiger partial charge in [0.15, 0.2) is 0 Å². The second kappa shape index (κ2) is 7.09. The zero-order valence-electron chi connectivity index (χ0n) is 14.5. The van der Waals surface area contributed by atoms with Crippen molar-refractivity contribution in [2.45, 2.75) is 13.5 Å². The van der Waals surface area contributed by atoms with Crippen LogP contribution >= 0.6 is 0 Å². The molecule has 0 spiro atoms. The predicted molar refractivity (Wildman–Crippen MR) is 95.1 cm³/mol.